The molecule has 0 amide bonds. The normalized spacial score (nSPS) is 22.5. The minimum Gasteiger partial charge on any atom is -0.326 e. The fourth-order valence-electron chi connectivity index (χ4n) is 2.22. The summed E-state index contributed by atoms with van der Waals surface area (Å²) in [6, 6.07) is 1.12. The lowest BCUT2D eigenvalue weighted by Crippen LogP contribution is -2.37. The van der Waals surface area contributed by atoms with E-state index < -0.39 is 25.9 Å². The first-order chi connectivity index (χ1) is 9.17. The number of aryl methyl sites for hydroxylation is 1. The van der Waals surface area contributed by atoms with Crippen molar-refractivity contribution in [2.75, 3.05) is 18.6 Å². The third-order valence-electron chi connectivity index (χ3n) is 3.54. The molecule has 0 aromatic carbocycles. The second kappa shape index (κ2) is 5.38. The Bertz CT molecular complexity index is 706. The van der Waals surface area contributed by atoms with E-state index in [9.17, 15) is 16.8 Å². The van der Waals surface area contributed by atoms with Gasteiger partial charge in [-0.2, -0.15) is 4.31 Å². The van der Waals surface area contributed by atoms with Gasteiger partial charge in [0.05, 0.1) is 11.5 Å². The Labute approximate surface area is 123 Å². The summed E-state index contributed by atoms with van der Waals surface area (Å²) >= 11 is 1.15. The van der Waals surface area contributed by atoms with Gasteiger partial charge in [-0.1, -0.05) is 0 Å². The van der Waals surface area contributed by atoms with Crippen LogP contribution in [0.1, 0.15) is 16.9 Å². The Hall–Kier alpha value is -0.480. The molecule has 0 radical (unpaired) electrons. The van der Waals surface area contributed by atoms with E-state index in [0.29, 0.717) is 13.0 Å². The standard InChI is InChI=1S/C11H18N2O4S3/c1-8-5-11(18-10(8)6-12)20(16,17)13(2)9-3-4-19(14,15)7-9/h5,9H,3-4,6-7,12H2,1-2H3. The molecule has 0 spiro atoms. The summed E-state index contributed by atoms with van der Waals surface area (Å²) in [4.78, 5) is 0.830. The lowest BCUT2D eigenvalue weighted by molar-refractivity contribution is 0.395. The van der Waals surface area contributed by atoms with Crippen molar-refractivity contribution in [1.29, 1.82) is 0 Å². The van der Waals surface area contributed by atoms with E-state index in [1.54, 1.807) is 6.07 Å². The molecule has 1 aliphatic heterocycles. The summed E-state index contributed by atoms with van der Waals surface area (Å²) < 4.78 is 49.4. The number of rotatable bonds is 4. The van der Waals surface area contributed by atoms with Crippen molar-refractivity contribution in [2.45, 2.75) is 30.1 Å². The summed E-state index contributed by atoms with van der Waals surface area (Å²) in [5.74, 6) is -0.0497. The third kappa shape index (κ3) is 2.91. The van der Waals surface area contributed by atoms with Crippen LogP contribution in [0.5, 0.6) is 0 Å². The van der Waals surface area contributed by atoms with E-state index in [2.05, 4.69) is 0 Å². The van der Waals surface area contributed by atoms with E-state index in [-0.39, 0.29) is 15.7 Å². The van der Waals surface area contributed by atoms with Crippen LogP contribution >= 0.6 is 11.3 Å². The number of sulfone groups is 1. The van der Waals surface area contributed by atoms with Gasteiger partial charge in [-0.3, -0.25) is 0 Å². The monoisotopic (exact) mass is 338 g/mol. The SMILES string of the molecule is Cc1cc(S(=O)(=O)N(C)C2CCS(=O)(=O)C2)sc1CN. The quantitative estimate of drug-likeness (QED) is 0.853. The molecule has 1 aromatic rings. The van der Waals surface area contributed by atoms with E-state index in [0.717, 1.165) is 21.8 Å². The largest absolute Gasteiger partial charge is 0.326 e. The average molecular weight is 338 g/mol. The van der Waals surface area contributed by atoms with Crippen LogP contribution in [0.25, 0.3) is 0 Å². The molecule has 2 N–H and O–H groups in total. The number of hydrogen-bond donors (Lipinski definition) is 1. The highest BCUT2D eigenvalue weighted by Gasteiger charge is 2.37. The molecule has 0 saturated carbocycles. The molecule has 6 nitrogen and oxygen atoms in total. The molecule has 2 rings (SSSR count). The summed E-state index contributed by atoms with van der Waals surface area (Å²) in [5, 5.41) is 0. The molecule has 0 aliphatic carbocycles. The predicted molar refractivity (Wildman–Crippen MR) is 79.0 cm³/mol. The zero-order valence-electron chi connectivity index (χ0n) is 11.4. The van der Waals surface area contributed by atoms with Gasteiger partial charge >= 0.3 is 0 Å². The molecule has 1 saturated heterocycles. The maximum absolute atomic E-state index is 12.5. The van der Waals surface area contributed by atoms with Crippen LogP contribution in [-0.2, 0) is 26.4 Å². The van der Waals surface area contributed by atoms with Crippen molar-refractivity contribution < 1.29 is 16.8 Å². The average Bonchev–Trinajstić information content (AvgIpc) is 2.91. The fourth-order valence-corrected chi connectivity index (χ4v) is 7.13. The maximum Gasteiger partial charge on any atom is 0.252 e. The molecule has 1 aliphatic rings. The molecule has 0 bridgehead atoms. The molecular weight excluding hydrogens is 320 g/mol. The summed E-state index contributed by atoms with van der Waals surface area (Å²) in [7, 11) is -5.32. The van der Waals surface area contributed by atoms with Crippen molar-refractivity contribution >= 4 is 31.2 Å². The summed E-state index contributed by atoms with van der Waals surface area (Å²) in [5.41, 5.74) is 6.41. The number of sulfonamides is 1. The van der Waals surface area contributed by atoms with Crippen molar-refractivity contribution in [1.82, 2.24) is 4.31 Å². The molecule has 9 heteroatoms. The smallest absolute Gasteiger partial charge is 0.252 e. The van der Waals surface area contributed by atoms with Gasteiger partial charge in [0.1, 0.15) is 4.21 Å². The third-order valence-corrected chi connectivity index (χ3v) is 8.91. The first kappa shape index (κ1) is 15.9. The lowest BCUT2D eigenvalue weighted by Gasteiger charge is -2.21. The van der Waals surface area contributed by atoms with Crippen LogP contribution in [0.15, 0.2) is 10.3 Å². The Morgan fingerprint density at radius 3 is 2.60 bits per heavy atom. The first-order valence-corrected chi connectivity index (χ1v) is 10.2. The Kier molecular flexibility index (Phi) is 4.27. The van der Waals surface area contributed by atoms with Crippen LogP contribution in [0.3, 0.4) is 0 Å². The van der Waals surface area contributed by atoms with E-state index in [1.165, 1.54) is 11.4 Å². The van der Waals surface area contributed by atoms with Crippen LogP contribution in [-0.4, -0.2) is 45.7 Å². The fraction of sp³-hybridized carbons (Fsp3) is 0.636. The molecule has 114 valence electrons. The first-order valence-electron chi connectivity index (χ1n) is 6.15. The Morgan fingerprint density at radius 2 is 2.15 bits per heavy atom. The minimum absolute atomic E-state index is 0.0506. The molecule has 1 unspecified atom stereocenters. The van der Waals surface area contributed by atoms with Gasteiger partial charge in [0.2, 0.25) is 0 Å². The summed E-state index contributed by atoms with van der Waals surface area (Å²) in [6.45, 7) is 2.12. The van der Waals surface area contributed by atoms with E-state index in [4.69, 9.17) is 5.73 Å². The van der Waals surface area contributed by atoms with Crippen molar-refractivity contribution in [2.24, 2.45) is 5.73 Å². The molecule has 2 heterocycles. The lowest BCUT2D eigenvalue weighted by atomic mass is 10.3. The van der Waals surface area contributed by atoms with Gasteiger partial charge in [-0.25, -0.2) is 16.8 Å². The summed E-state index contributed by atoms with van der Waals surface area (Å²) in [6.07, 6.45) is 0.353. The zero-order chi connectivity index (χ0) is 15.1. The number of nitrogens with two attached hydrogens (primary N) is 1. The van der Waals surface area contributed by atoms with Crippen LogP contribution in [0.4, 0.5) is 0 Å². The highest BCUT2D eigenvalue weighted by molar-refractivity contribution is 7.92. The maximum atomic E-state index is 12.5. The van der Waals surface area contributed by atoms with Gasteiger partial charge in [0.15, 0.2) is 9.84 Å². The topological polar surface area (TPSA) is 97.5 Å². The van der Waals surface area contributed by atoms with E-state index in [1.807, 2.05) is 6.92 Å². The minimum atomic E-state index is -3.65. The highest BCUT2D eigenvalue weighted by Crippen LogP contribution is 2.30. The van der Waals surface area contributed by atoms with Gasteiger partial charge in [0, 0.05) is 24.5 Å². The van der Waals surface area contributed by atoms with E-state index >= 15 is 0 Å². The van der Waals surface area contributed by atoms with Gasteiger partial charge in [0.25, 0.3) is 10.0 Å². The van der Waals surface area contributed by atoms with Crippen LogP contribution in [0.2, 0.25) is 0 Å². The van der Waals surface area contributed by atoms with Crippen LogP contribution < -0.4 is 5.73 Å². The van der Waals surface area contributed by atoms with Gasteiger partial charge in [-0.15, -0.1) is 11.3 Å². The van der Waals surface area contributed by atoms with Crippen LogP contribution in [0, 0.1) is 6.92 Å². The Balaban J connectivity index is 2.30. The van der Waals surface area contributed by atoms with Gasteiger partial charge in [-0.05, 0) is 25.0 Å². The molecule has 1 fully saturated rings. The predicted octanol–water partition coefficient (Wildman–Crippen LogP) is 0.323. The zero-order valence-corrected chi connectivity index (χ0v) is 13.8. The van der Waals surface area contributed by atoms with Crippen molar-refractivity contribution in [3.8, 4) is 0 Å². The highest BCUT2D eigenvalue weighted by atomic mass is 32.2. The number of thiophene rings is 1. The van der Waals surface area contributed by atoms with Crippen molar-refractivity contribution in [3.63, 3.8) is 0 Å². The molecular formula is C11H18N2O4S3. The Morgan fingerprint density at radius 1 is 1.50 bits per heavy atom. The second-order valence-corrected chi connectivity index (χ2v) is 10.5. The second-order valence-electron chi connectivity index (χ2n) is 4.95. The molecule has 1 aromatic heterocycles. The molecule has 20 heavy (non-hydrogen) atoms. The molecule has 1 atom stereocenters. The van der Waals surface area contributed by atoms with Gasteiger partial charge < -0.3 is 5.73 Å². The van der Waals surface area contributed by atoms with Crippen molar-refractivity contribution in [3.05, 3.63) is 16.5 Å². The number of nitrogens with zero attached hydrogens (tertiary/aromatic N) is 1. The number of hydrogen-bond acceptors (Lipinski definition) is 6.